The molecule has 4 rings (SSSR count). The first-order chi connectivity index (χ1) is 13.6. The highest BCUT2D eigenvalue weighted by molar-refractivity contribution is 14.1. The molecule has 0 bridgehead atoms. The highest BCUT2D eigenvalue weighted by Crippen LogP contribution is 2.49. The summed E-state index contributed by atoms with van der Waals surface area (Å²) in [5.74, 6) is 2.64. The first kappa shape index (κ1) is 18.6. The molecular formula is C20H17IN2O5. The molecule has 2 aliphatic rings. The molecule has 2 N–H and O–H groups in total. The molecule has 2 aliphatic heterocycles. The van der Waals surface area contributed by atoms with Crippen molar-refractivity contribution in [2.24, 2.45) is 5.73 Å². The van der Waals surface area contributed by atoms with E-state index in [9.17, 15) is 5.26 Å². The summed E-state index contributed by atoms with van der Waals surface area (Å²) in [6, 6.07) is 9.60. The highest BCUT2D eigenvalue weighted by atomic mass is 127. The highest BCUT2D eigenvalue weighted by Gasteiger charge is 2.34. The van der Waals surface area contributed by atoms with Crippen LogP contribution in [0.25, 0.3) is 0 Å². The van der Waals surface area contributed by atoms with Gasteiger partial charge < -0.3 is 29.4 Å². The number of benzene rings is 2. The second-order valence-corrected chi connectivity index (χ2v) is 7.30. The topological polar surface area (TPSA) is 96.0 Å². The number of rotatable bonds is 4. The number of fused-ring (bicyclic) bond motifs is 2. The summed E-state index contributed by atoms with van der Waals surface area (Å²) in [4.78, 5) is 0. The molecule has 1 atom stereocenters. The van der Waals surface area contributed by atoms with Gasteiger partial charge in [0.15, 0.2) is 23.0 Å². The van der Waals surface area contributed by atoms with Crippen LogP contribution in [0, 0.1) is 14.9 Å². The van der Waals surface area contributed by atoms with E-state index in [2.05, 4.69) is 28.7 Å². The van der Waals surface area contributed by atoms with Crippen LogP contribution in [0.4, 0.5) is 0 Å². The average molecular weight is 492 g/mol. The zero-order valence-electron chi connectivity index (χ0n) is 15.2. The third-order valence-electron chi connectivity index (χ3n) is 4.58. The third-order valence-corrected chi connectivity index (χ3v) is 5.38. The summed E-state index contributed by atoms with van der Waals surface area (Å²) in [5.41, 5.74) is 8.02. The molecule has 0 fully saturated rings. The quantitative estimate of drug-likeness (QED) is 0.652. The van der Waals surface area contributed by atoms with Gasteiger partial charge in [-0.05, 0) is 53.3 Å². The minimum absolute atomic E-state index is 0.0719. The van der Waals surface area contributed by atoms with Crippen molar-refractivity contribution < 1.29 is 23.7 Å². The van der Waals surface area contributed by atoms with E-state index in [0.29, 0.717) is 40.9 Å². The number of ether oxygens (including phenoxy) is 5. The zero-order valence-corrected chi connectivity index (χ0v) is 17.4. The Balaban J connectivity index is 1.92. The minimum atomic E-state index is -0.429. The molecule has 2 heterocycles. The molecule has 28 heavy (non-hydrogen) atoms. The van der Waals surface area contributed by atoms with Gasteiger partial charge in [-0.1, -0.05) is 0 Å². The number of nitriles is 1. The van der Waals surface area contributed by atoms with E-state index in [4.69, 9.17) is 29.4 Å². The van der Waals surface area contributed by atoms with Gasteiger partial charge in [0.25, 0.3) is 0 Å². The van der Waals surface area contributed by atoms with Crippen LogP contribution in [-0.4, -0.2) is 20.5 Å². The molecule has 7 nitrogen and oxygen atoms in total. The molecule has 2 aromatic rings. The van der Waals surface area contributed by atoms with Crippen LogP contribution in [-0.2, 0) is 0 Å². The Kier molecular flexibility index (Phi) is 4.85. The normalized spacial score (nSPS) is 16.9. The van der Waals surface area contributed by atoms with Crippen molar-refractivity contribution in [2.75, 3.05) is 20.5 Å². The predicted octanol–water partition coefficient (Wildman–Crippen LogP) is 3.65. The van der Waals surface area contributed by atoms with Gasteiger partial charge in [-0.3, -0.25) is 0 Å². The Hall–Kier alpha value is -2.80. The smallest absolute Gasteiger partial charge is 0.231 e. The fourth-order valence-corrected chi connectivity index (χ4v) is 4.25. The molecule has 2 aromatic carbocycles. The molecule has 144 valence electrons. The van der Waals surface area contributed by atoms with Crippen molar-refractivity contribution in [1.29, 1.82) is 5.26 Å². The molecule has 0 radical (unpaired) electrons. The van der Waals surface area contributed by atoms with Crippen molar-refractivity contribution in [3.63, 3.8) is 0 Å². The number of allylic oxidation sites excluding steroid dienone is 1. The average Bonchev–Trinajstić information content (AvgIpc) is 3.12. The van der Waals surface area contributed by atoms with Crippen LogP contribution in [0.15, 0.2) is 35.7 Å². The molecule has 0 aromatic heterocycles. The van der Waals surface area contributed by atoms with E-state index in [0.717, 1.165) is 14.7 Å². The Morgan fingerprint density at radius 3 is 2.64 bits per heavy atom. The van der Waals surface area contributed by atoms with E-state index in [1.165, 1.54) is 0 Å². The maximum atomic E-state index is 9.77. The Morgan fingerprint density at radius 2 is 1.96 bits per heavy atom. The lowest BCUT2D eigenvalue weighted by molar-refractivity contribution is 0.174. The fourth-order valence-electron chi connectivity index (χ4n) is 3.41. The largest absolute Gasteiger partial charge is 0.492 e. The summed E-state index contributed by atoms with van der Waals surface area (Å²) in [7, 11) is 1.60. The number of hydrogen-bond donors (Lipinski definition) is 1. The van der Waals surface area contributed by atoms with E-state index >= 15 is 0 Å². The van der Waals surface area contributed by atoms with E-state index < -0.39 is 5.92 Å². The first-order valence-electron chi connectivity index (χ1n) is 8.58. The van der Waals surface area contributed by atoms with E-state index in [-0.39, 0.29) is 12.7 Å². The van der Waals surface area contributed by atoms with Crippen LogP contribution in [0.2, 0.25) is 0 Å². The number of halogens is 1. The lowest BCUT2D eigenvalue weighted by Crippen LogP contribution is -2.21. The maximum absolute atomic E-state index is 9.77. The number of nitrogens with zero attached hydrogens (tertiary/aromatic N) is 1. The monoisotopic (exact) mass is 492 g/mol. The van der Waals surface area contributed by atoms with Gasteiger partial charge >= 0.3 is 0 Å². The summed E-state index contributed by atoms with van der Waals surface area (Å²) < 4.78 is 28.8. The van der Waals surface area contributed by atoms with Crippen molar-refractivity contribution in [3.05, 3.63) is 50.4 Å². The number of methoxy groups -OCH3 is 1. The Bertz CT molecular complexity index is 1030. The number of hydrogen-bond acceptors (Lipinski definition) is 7. The van der Waals surface area contributed by atoms with Crippen LogP contribution in [0.1, 0.15) is 24.0 Å². The van der Waals surface area contributed by atoms with Gasteiger partial charge in [-0.2, -0.15) is 5.26 Å². The maximum Gasteiger partial charge on any atom is 0.231 e. The second-order valence-electron chi connectivity index (χ2n) is 6.14. The molecule has 0 unspecified atom stereocenters. The summed E-state index contributed by atoms with van der Waals surface area (Å²) >= 11 is 2.19. The Labute approximate surface area is 175 Å². The standard InChI is InChI=1S/C20H17IN2O5/c1-3-25-17-5-10(4-13(21)19(17)24-2)18-11-6-15-16(27-9-26-15)7-14(11)28-20(23)12(18)8-22/h4-7,18H,3,9,23H2,1-2H3/t18-/m1/s1. The van der Waals surface area contributed by atoms with Crippen LogP contribution in [0.3, 0.4) is 0 Å². The van der Waals surface area contributed by atoms with Crippen molar-refractivity contribution in [2.45, 2.75) is 12.8 Å². The van der Waals surface area contributed by atoms with Gasteiger partial charge in [-0.25, -0.2) is 0 Å². The zero-order chi connectivity index (χ0) is 19.8. The van der Waals surface area contributed by atoms with Crippen LogP contribution >= 0.6 is 22.6 Å². The molecule has 0 saturated heterocycles. The number of nitrogens with two attached hydrogens (primary N) is 1. The summed E-state index contributed by atoms with van der Waals surface area (Å²) in [5, 5.41) is 9.77. The van der Waals surface area contributed by atoms with Gasteiger partial charge in [0.1, 0.15) is 17.4 Å². The summed E-state index contributed by atoms with van der Waals surface area (Å²) in [6.45, 7) is 2.54. The van der Waals surface area contributed by atoms with Gasteiger partial charge in [0, 0.05) is 11.6 Å². The van der Waals surface area contributed by atoms with Gasteiger partial charge in [0.2, 0.25) is 12.7 Å². The SMILES string of the molecule is CCOc1cc([C@H]2C(C#N)=C(N)Oc3cc4c(cc32)OCO4)cc(I)c1OC. The fraction of sp³-hybridized carbons (Fsp3) is 0.250. The predicted molar refractivity (Wildman–Crippen MR) is 109 cm³/mol. The van der Waals surface area contributed by atoms with Crippen LogP contribution in [0.5, 0.6) is 28.7 Å². The molecule has 0 spiro atoms. The second kappa shape index (κ2) is 7.31. The van der Waals surface area contributed by atoms with Crippen LogP contribution < -0.4 is 29.4 Å². The molecular weight excluding hydrogens is 475 g/mol. The molecule has 0 saturated carbocycles. The first-order valence-corrected chi connectivity index (χ1v) is 9.66. The van der Waals surface area contributed by atoms with Crippen molar-refractivity contribution >= 4 is 22.6 Å². The minimum Gasteiger partial charge on any atom is -0.492 e. The molecule has 0 amide bonds. The van der Waals surface area contributed by atoms with Crippen molar-refractivity contribution in [1.82, 2.24) is 0 Å². The lowest BCUT2D eigenvalue weighted by Gasteiger charge is -2.27. The van der Waals surface area contributed by atoms with E-state index in [1.807, 2.05) is 25.1 Å². The Morgan fingerprint density at radius 1 is 1.21 bits per heavy atom. The lowest BCUT2D eigenvalue weighted by atomic mass is 9.83. The van der Waals surface area contributed by atoms with Crippen molar-refractivity contribution in [3.8, 4) is 34.8 Å². The molecule has 0 aliphatic carbocycles. The summed E-state index contributed by atoms with van der Waals surface area (Å²) in [6.07, 6.45) is 0. The molecule has 8 heteroatoms. The van der Waals surface area contributed by atoms with E-state index in [1.54, 1.807) is 13.2 Å². The van der Waals surface area contributed by atoms with Gasteiger partial charge in [0.05, 0.1) is 23.2 Å². The third kappa shape index (κ3) is 2.96. The van der Waals surface area contributed by atoms with Gasteiger partial charge in [-0.15, -0.1) is 0 Å².